The highest BCUT2D eigenvalue weighted by Crippen LogP contribution is 2.20. The lowest BCUT2D eigenvalue weighted by molar-refractivity contribution is 0.0386. The fourth-order valence-electron chi connectivity index (χ4n) is 2.11. The van der Waals surface area contributed by atoms with Crippen LogP contribution >= 0.6 is 11.6 Å². The van der Waals surface area contributed by atoms with Gasteiger partial charge in [-0.2, -0.15) is 0 Å². The van der Waals surface area contributed by atoms with Crippen LogP contribution in [0.25, 0.3) is 0 Å². The molecule has 1 N–H and O–H groups in total. The molecule has 0 amide bonds. The average Bonchev–Trinajstić information content (AvgIpc) is 2.33. The number of hydrogen-bond acceptors (Lipinski definition) is 2. The third-order valence-electron chi connectivity index (χ3n) is 3.23. The molecule has 0 saturated carbocycles. The number of ether oxygens (including phenoxy) is 1. The molecule has 0 radical (unpaired) electrons. The van der Waals surface area contributed by atoms with E-state index in [1.54, 1.807) is 6.07 Å². The first-order chi connectivity index (χ1) is 8.18. The molecule has 2 nitrogen and oxygen atoms in total. The molecular weight excluding hydrogens is 241 g/mol. The van der Waals surface area contributed by atoms with Crippen LogP contribution in [-0.2, 0) is 11.3 Å². The Hall–Kier alpha value is -0.640. The molecule has 0 aliphatic carbocycles. The minimum atomic E-state index is -0.356. The highest BCUT2D eigenvalue weighted by molar-refractivity contribution is 6.31. The zero-order valence-electron chi connectivity index (χ0n) is 9.88. The average molecular weight is 258 g/mol. The maximum Gasteiger partial charge on any atom is 0.142 e. The van der Waals surface area contributed by atoms with Crippen molar-refractivity contribution in [3.63, 3.8) is 0 Å². The lowest BCUT2D eigenvalue weighted by Crippen LogP contribution is -2.41. The molecule has 1 aromatic carbocycles. The van der Waals surface area contributed by atoms with Crippen LogP contribution in [0, 0.1) is 11.7 Å². The van der Waals surface area contributed by atoms with Gasteiger partial charge in [0, 0.05) is 19.2 Å². The van der Waals surface area contributed by atoms with Gasteiger partial charge in [0.05, 0.1) is 11.6 Å². The van der Waals surface area contributed by atoms with Crippen LogP contribution in [-0.4, -0.2) is 19.3 Å². The van der Waals surface area contributed by atoms with Crippen molar-refractivity contribution in [2.45, 2.75) is 25.9 Å². The standard InChI is InChI=1S/C13H17ClFNO/c1-9-8-17-6-5-12(9)16-7-10-3-2-4-11(15)13(10)14/h2-4,9,12,16H,5-8H2,1H3. The van der Waals surface area contributed by atoms with Gasteiger partial charge in [-0.05, 0) is 24.0 Å². The van der Waals surface area contributed by atoms with Crippen LogP contribution in [0.2, 0.25) is 5.02 Å². The third-order valence-corrected chi connectivity index (χ3v) is 3.65. The molecule has 1 saturated heterocycles. The van der Waals surface area contributed by atoms with Crippen molar-refractivity contribution in [1.82, 2.24) is 5.32 Å². The van der Waals surface area contributed by atoms with Crippen molar-refractivity contribution < 1.29 is 9.13 Å². The van der Waals surface area contributed by atoms with E-state index in [2.05, 4.69) is 12.2 Å². The summed E-state index contributed by atoms with van der Waals surface area (Å²) >= 11 is 5.91. The summed E-state index contributed by atoms with van der Waals surface area (Å²) in [4.78, 5) is 0. The summed E-state index contributed by atoms with van der Waals surface area (Å²) in [6, 6.07) is 5.33. The zero-order valence-corrected chi connectivity index (χ0v) is 10.6. The van der Waals surface area contributed by atoms with Crippen LogP contribution in [0.3, 0.4) is 0 Å². The molecule has 0 spiro atoms. The van der Waals surface area contributed by atoms with Crippen LogP contribution in [0.15, 0.2) is 18.2 Å². The second-order valence-corrected chi connectivity index (χ2v) is 4.92. The van der Waals surface area contributed by atoms with Crippen LogP contribution in [0.4, 0.5) is 4.39 Å². The van der Waals surface area contributed by atoms with E-state index in [9.17, 15) is 4.39 Å². The normalized spacial score (nSPS) is 24.9. The molecule has 1 aromatic rings. The number of benzene rings is 1. The lowest BCUT2D eigenvalue weighted by atomic mass is 9.97. The van der Waals surface area contributed by atoms with Crippen LogP contribution in [0.1, 0.15) is 18.9 Å². The van der Waals surface area contributed by atoms with E-state index in [0.717, 1.165) is 25.2 Å². The molecule has 0 bridgehead atoms. The van der Waals surface area contributed by atoms with Crippen molar-refractivity contribution in [2.24, 2.45) is 5.92 Å². The summed E-state index contributed by atoms with van der Waals surface area (Å²) in [7, 11) is 0. The number of halogens is 2. The fourth-order valence-corrected chi connectivity index (χ4v) is 2.30. The molecule has 4 heteroatoms. The molecule has 1 fully saturated rings. The number of rotatable bonds is 3. The molecule has 1 heterocycles. The molecule has 2 rings (SSSR count). The molecule has 1 aliphatic heterocycles. The van der Waals surface area contributed by atoms with Gasteiger partial charge in [-0.1, -0.05) is 30.7 Å². The molecule has 1 aliphatic rings. The Balaban J connectivity index is 1.95. The van der Waals surface area contributed by atoms with Gasteiger partial charge < -0.3 is 10.1 Å². The smallest absolute Gasteiger partial charge is 0.142 e. The van der Waals surface area contributed by atoms with Crippen LogP contribution in [0.5, 0.6) is 0 Å². The van der Waals surface area contributed by atoms with Crippen molar-refractivity contribution in [2.75, 3.05) is 13.2 Å². The predicted molar refractivity (Wildman–Crippen MR) is 66.6 cm³/mol. The van der Waals surface area contributed by atoms with E-state index < -0.39 is 0 Å². The van der Waals surface area contributed by atoms with Gasteiger partial charge >= 0.3 is 0 Å². The first-order valence-corrected chi connectivity index (χ1v) is 6.30. The van der Waals surface area contributed by atoms with Crippen LogP contribution < -0.4 is 5.32 Å². The largest absolute Gasteiger partial charge is 0.381 e. The van der Waals surface area contributed by atoms with E-state index in [-0.39, 0.29) is 10.8 Å². The predicted octanol–water partition coefficient (Wildman–Crippen LogP) is 2.99. The summed E-state index contributed by atoms with van der Waals surface area (Å²) in [5, 5.41) is 3.65. The van der Waals surface area contributed by atoms with E-state index >= 15 is 0 Å². The van der Waals surface area contributed by atoms with Crippen molar-refractivity contribution in [3.8, 4) is 0 Å². The SMILES string of the molecule is CC1COCCC1NCc1cccc(F)c1Cl. The van der Waals surface area contributed by atoms with Gasteiger partial charge in [0.25, 0.3) is 0 Å². The highest BCUT2D eigenvalue weighted by atomic mass is 35.5. The molecule has 17 heavy (non-hydrogen) atoms. The monoisotopic (exact) mass is 257 g/mol. The first kappa shape index (κ1) is 12.8. The second-order valence-electron chi connectivity index (χ2n) is 4.54. The zero-order chi connectivity index (χ0) is 12.3. The minimum absolute atomic E-state index is 0.222. The Labute approximate surface area is 106 Å². The van der Waals surface area contributed by atoms with Crippen molar-refractivity contribution >= 4 is 11.6 Å². The Morgan fingerprint density at radius 2 is 2.35 bits per heavy atom. The van der Waals surface area contributed by atoms with Crippen molar-refractivity contribution in [3.05, 3.63) is 34.6 Å². The number of nitrogens with one attached hydrogen (secondary N) is 1. The van der Waals surface area contributed by atoms with E-state index in [1.807, 2.05) is 6.07 Å². The summed E-state index contributed by atoms with van der Waals surface area (Å²) in [6.07, 6.45) is 0.994. The highest BCUT2D eigenvalue weighted by Gasteiger charge is 2.21. The van der Waals surface area contributed by atoms with E-state index in [0.29, 0.717) is 18.5 Å². The Kier molecular flexibility index (Phi) is 4.37. The maximum atomic E-state index is 13.2. The second kappa shape index (κ2) is 5.80. The topological polar surface area (TPSA) is 21.3 Å². The summed E-state index contributed by atoms with van der Waals surface area (Å²) in [5.41, 5.74) is 0.811. The Bertz CT molecular complexity index is 386. The maximum absolute atomic E-state index is 13.2. The molecule has 2 atom stereocenters. The van der Waals surface area contributed by atoms with Crippen molar-refractivity contribution in [1.29, 1.82) is 0 Å². The van der Waals surface area contributed by atoms with Gasteiger partial charge in [0.1, 0.15) is 5.82 Å². The number of hydrogen-bond donors (Lipinski definition) is 1. The summed E-state index contributed by atoms with van der Waals surface area (Å²) in [5.74, 6) is 0.127. The van der Waals surface area contributed by atoms with Gasteiger partial charge in [0.2, 0.25) is 0 Å². The Morgan fingerprint density at radius 1 is 1.53 bits per heavy atom. The van der Waals surface area contributed by atoms with Gasteiger partial charge in [-0.15, -0.1) is 0 Å². The van der Waals surface area contributed by atoms with Gasteiger partial charge in [-0.25, -0.2) is 4.39 Å². The fraction of sp³-hybridized carbons (Fsp3) is 0.538. The Morgan fingerprint density at radius 3 is 3.12 bits per heavy atom. The van der Waals surface area contributed by atoms with E-state index in [1.165, 1.54) is 6.07 Å². The summed E-state index contributed by atoms with van der Waals surface area (Å²) in [6.45, 7) is 4.34. The van der Waals surface area contributed by atoms with Gasteiger partial charge in [-0.3, -0.25) is 0 Å². The quantitative estimate of drug-likeness (QED) is 0.899. The molecule has 2 unspecified atom stereocenters. The third kappa shape index (κ3) is 3.18. The molecule has 0 aromatic heterocycles. The lowest BCUT2D eigenvalue weighted by Gasteiger charge is -2.29. The molecule has 94 valence electrons. The molecular formula is C13H17ClFNO. The van der Waals surface area contributed by atoms with Gasteiger partial charge in [0.15, 0.2) is 0 Å². The first-order valence-electron chi connectivity index (χ1n) is 5.92. The minimum Gasteiger partial charge on any atom is -0.381 e. The van der Waals surface area contributed by atoms with E-state index in [4.69, 9.17) is 16.3 Å². The summed E-state index contributed by atoms with van der Waals surface area (Å²) < 4.78 is 18.6.